The lowest BCUT2D eigenvalue weighted by atomic mass is 10.0. The van der Waals surface area contributed by atoms with Gasteiger partial charge in [0, 0.05) is 18.6 Å². The molecule has 2 N–H and O–H groups in total. The van der Waals surface area contributed by atoms with Gasteiger partial charge in [-0.15, -0.1) is 0 Å². The van der Waals surface area contributed by atoms with Crippen LogP contribution < -0.4 is 10.5 Å². The van der Waals surface area contributed by atoms with Crippen molar-refractivity contribution < 1.29 is 4.74 Å². The molecule has 0 radical (unpaired) electrons. The van der Waals surface area contributed by atoms with E-state index in [0.717, 1.165) is 18.6 Å². The molecule has 1 atom stereocenters. The number of nitrogens with two attached hydrogens (primary N) is 1. The molecule has 1 rings (SSSR count). The van der Waals surface area contributed by atoms with Gasteiger partial charge < -0.3 is 10.5 Å². The lowest BCUT2D eigenvalue weighted by Crippen LogP contribution is -2.38. The molecule has 0 aliphatic heterocycles. The Bertz CT molecular complexity index is 333. The second-order valence-corrected chi connectivity index (χ2v) is 4.66. The highest BCUT2D eigenvalue weighted by Gasteiger charge is 2.20. The normalized spacial score (nSPS) is 13.1. The van der Waals surface area contributed by atoms with Crippen LogP contribution in [0.25, 0.3) is 0 Å². The molecule has 3 heteroatoms. The summed E-state index contributed by atoms with van der Waals surface area (Å²) in [6, 6.07) is 9.07. The van der Waals surface area contributed by atoms with E-state index >= 15 is 0 Å². The fourth-order valence-electron chi connectivity index (χ4n) is 2.48. The van der Waals surface area contributed by atoms with Crippen molar-refractivity contribution in [1.82, 2.24) is 4.90 Å². The van der Waals surface area contributed by atoms with Gasteiger partial charge in [-0.3, -0.25) is 4.90 Å². The van der Waals surface area contributed by atoms with Crippen molar-refractivity contribution in [2.45, 2.75) is 38.8 Å². The van der Waals surface area contributed by atoms with E-state index in [9.17, 15) is 0 Å². The molecule has 102 valence electrons. The molecule has 0 heterocycles. The molecular formula is C15H26N2O. The Kier molecular flexibility index (Phi) is 6.16. The molecule has 1 aromatic rings. The summed E-state index contributed by atoms with van der Waals surface area (Å²) in [5, 5.41) is 0. The van der Waals surface area contributed by atoms with Crippen LogP contribution in [0.2, 0.25) is 0 Å². The Balaban J connectivity index is 2.86. The number of hydrogen-bond acceptors (Lipinski definition) is 3. The summed E-state index contributed by atoms with van der Waals surface area (Å²) in [6.07, 6.45) is 2.30. The molecule has 18 heavy (non-hydrogen) atoms. The van der Waals surface area contributed by atoms with Crippen LogP contribution in [-0.2, 0) is 0 Å². The van der Waals surface area contributed by atoms with E-state index in [4.69, 9.17) is 10.5 Å². The van der Waals surface area contributed by atoms with Gasteiger partial charge in [-0.1, -0.05) is 26.0 Å². The highest BCUT2D eigenvalue weighted by molar-refractivity contribution is 5.29. The lowest BCUT2D eigenvalue weighted by Gasteiger charge is -2.34. The molecule has 3 nitrogen and oxygen atoms in total. The minimum Gasteiger partial charge on any atom is -0.497 e. The van der Waals surface area contributed by atoms with Gasteiger partial charge in [0.05, 0.1) is 7.11 Å². The SMILES string of the molecule is CCC(CC)N(C)C(CN)c1ccc(OC)cc1. The van der Waals surface area contributed by atoms with Crippen molar-refractivity contribution in [2.75, 3.05) is 20.7 Å². The summed E-state index contributed by atoms with van der Waals surface area (Å²) < 4.78 is 5.19. The Hall–Kier alpha value is -1.06. The first-order valence-corrected chi connectivity index (χ1v) is 6.73. The molecule has 0 bridgehead atoms. The van der Waals surface area contributed by atoms with Gasteiger partial charge in [-0.25, -0.2) is 0 Å². The zero-order valence-electron chi connectivity index (χ0n) is 12.0. The molecule has 1 unspecified atom stereocenters. The molecule has 0 amide bonds. The molecule has 0 aliphatic rings. The maximum absolute atomic E-state index is 5.95. The molecule has 0 saturated heterocycles. The molecular weight excluding hydrogens is 224 g/mol. The fourth-order valence-corrected chi connectivity index (χ4v) is 2.48. The number of methoxy groups -OCH3 is 1. The number of benzene rings is 1. The van der Waals surface area contributed by atoms with Gasteiger partial charge in [-0.2, -0.15) is 0 Å². The third-order valence-corrected chi connectivity index (χ3v) is 3.73. The Morgan fingerprint density at radius 2 is 1.72 bits per heavy atom. The third kappa shape index (κ3) is 3.47. The van der Waals surface area contributed by atoms with Crippen LogP contribution in [0.4, 0.5) is 0 Å². The van der Waals surface area contributed by atoms with Gasteiger partial charge in [0.2, 0.25) is 0 Å². The molecule has 0 aliphatic carbocycles. The Labute approximate surface area is 111 Å². The number of ether oxygens (including phenoxy) is 1. The van der Waals surface area contributed by atoms with Crippen LogP contribution in [0.1, 0.15) is 38.3 Å². The fraction of sp³-hybridized carbons (Fsp3) is 0.600. The maximum atomic E-state index is 5.95. The zero-order valence-corrected chi connectivity index (χ0v) is 12.0. The summed E-state index contributed by atoms with van der Waals surface area (Å²) in [4.78, 5) is 2.39. The monoisotopic (exact) mass is 250 g/mol. The standard InChI is InChI=1S/C15H26N2O/c1-5-13(6-2)17(3)15(11-16)12-7-9-14(18-4)10-8-12/h7-10,13,15H,5-6,11,16H2,1-4H3. The minimum atomic E-state index is 0.279. The quantitative estimate of drug-likeness (QED) is 0.808. The number of likely N-dealkylation sites (N-methyl/N-ethyl adjacent to an activating group) is 1. The second-order valence-electron chi connectivity index (χ2n) is 4.66. The van der Waals surface area contributed by atoms with Crippen LogP contribution in [0, 0.1) is 0 Å². The summed E-state index contributed by atoms with van der Waals surface area (Å²) in [5.41, 5.74) is 7.21. The van der Waals surface area contributed by atoms with Crippen molar-refractivity contribution in [3.63, 3.8) is 0 Å². The van der Waals surface area contributed by atoms with Crippen LogP contribution in [0.3, 0.4) is 0 Å². The average Bonchev–Trinajstić information content (AvgIpc) is 2.42. The largest absolute Gasteiger partial charge is 0.497 e. The molecule has 0 saturated carbocycles. The molecule has 0 spiro atoms. The van der Waals surface area contributed by atoms with E-state index in [0.29, 0.717) is 12.6 Å². The number of nitrogens with zero attached hydrogens (tertiary/aromatic N) is 1. The topological polar surface area (TPSA) is 38.5 Å². The van der Waals surface area contributed by atoms with E-state index < -0.39 is 0 Å². The number of rotatable bonds is 7. The summed E-state index contributed by atoms with van der Waals surface area (Å²) in [5.74, 6) is 0.889. The van der Waals surface area contributed by atoms with E-state index in [-0.39, 0.29) is 6.04 Å². The predicted octanol–water partition coefficient (Wildman–Crippen LogP) is 2.82. The van der Waals surface area contributed by atoms with Crippen LogP contribution in [-0.4, -0.2) is 31.6 Å². The highest BCUT2D eigenvalue weighted by atomic mass is 16.5. The van der Waals surface area contributed by atoms with Gasteiger partial charge in [0.1, 0.15) is 5.75 Å². The highest BCUT2D eigenvalue weighted by Crippen LogP contribution is 2.24. The van der Waals surface area contributed by atoms with E-state index in [1.54, 1.807) is 7.11 Å². The average molecular weight is 250 g/mol. The first-order valence-electron chi connectivity index (χ1n) is 6.73. The number of hydrogen-bond donors (Lipinski definition) is 1. The van der Waals surface area contributed by atoms with Crippen molar-refractivity contribution in [1.29, 1.82) is 0 Å². The summed E-state index contributed by atoms with van der Waals surface area (Å²) in [6.45, 7) is 5.10. The van der Waals surface area contributed by atoms with E-state index in [1.807, 2.05) is 12.1 Å². The summed E-state index contributed by atoms with van der Waals surface area (Å²) in [7, 11) is 3.85. The molecule has 0 aromatic heterocycles. The second kappa shape index (κ2) is 7.39. The van der Waals surface area contributed by atoms with E-state index in [2.05, 4.69) is 37.9 Å². The van der Waals surface area contributed by atoms with Gasteiger partial charge in [0.25, 0.3) is 0 Å². The molecule has 1 aromatic carbocycles. The van der Waals surface area contributed by atoms with Crippen molar-refractivity contribution in [3.05, 3.63) is 29.8 Å². The van der Waals surface area contributed by atoms with Crippen LogP contribution in [0.5, 0.6) is 5.75 Å². The van der Waals surface area contributed by atoms with E-state index in [1.165, 1.54) is 5.56 Å². The van der Waals surface area contributed by atoms with Crippen molar-refractivity contribution in [3.8, 4) is 5.75 Å². The first-order chi connectivity index (χ1) is 8.67. The van der Waals surface area contributed by atoms with Gasteiger partial charge >= 0.3 is 0 Å². The van der Waals surface area contributed by atoms with Gasteiger partial charge in [-0.05, 0) is 37.6 Å². The predicted molar refractivity (Wildman–Crippen MR) is 76.9 cm³/mol. The van der Waals surface area contributed by atoms with Crippen molar-refractivity contribution >= 4 is 0 Å². The third-order valence-electron chi connectivity index (χ3n) is 3.73. The van der Waals surface area contributed by atoms with Gasteiger partial charge in [0.15, 0.2) is 0 Å². The first kappa shape index (κ1) is 15.0. The minimum absolute atomic E-state index is 0.279. The summed E-state index contributed by atoms with van der Waals surface area (Å²) >= 11 is 0. The Morgan fingerprint density at radius 1 is 1.17 bits per heavy atom. The zero-order chi connectivity index (χ0) is 13.5. The van der Waals surface area contributed by atoms with Crippen LogP contribution in [0.15, 0.2) is 24.3 Å². The van der Waals surface area contributed by atoms with Crippen LogP contribution >= 0.6 is 0 Å². The lowest BCUT2D eigenvalue weighted by molar-refractivity contribution is 0.167. The maximum Gasteiger partial charge on any atom is 0.118 e. The van der Waals surface area contributed by atoms with Crippen molar-refractivity contribution in [2.24, 2.45) is 5.73 Å². The smallest absolute Gasteiger partial charge is 0.118 e. The molecule has 0 fully saturated rings. The Morgan fingerprint density at radius 3 is 2.11 bits per heavy atom.